The van der Waals surface area contributed by atoms with Gasteiger partial charge in [0.25, 0.3) is 10.2 Å². The zero-order valence-electron chi connectivity index (χ0n) is 12.4. The van der Waals surface area contributed by atoms with Crippen molar-refractivity contribution in [3.05, 3.63) is 16.6 Å². The molecule has 1 aromatic heterocycles. The fourth-order valence-corrected chi connectivity index (χ4v) is 4.26. The summed E-state index contributed by atoms with van der Waals surface area (Å²) in [5, 5.41) is 6.05. The van der Waals surface area contributed by atoms with Gasteiger partial charge >= 0.3 is 0 Å². The van der Waals surface area contributed by atoms with Crippen LogP contribution in [0.5, 0.6) is 0 Å². The van der Waals surface area contributed by atoms with E-state index in [2.05, 4.69) is 21.9 Å². The van der Waals surface area contributed by atoms with E-state index in [4.69, 9.17) is 0 Å². The first-order valence-electron chi connectivity index (χ1n) is 7.45. The van der Waals surface area contributed by atoms with Crippen molar-refractivity contribution in [2.75, 3.05) is 26.2 Å². The fourth-order valence-electron chi connectivity index (χ4n) is 2.42. The average Bonchev–Trinajstić information content (AvgIpc) is 3.00. The smallest absolute Gasteiger partial charge is 0.279 e. The van der Waals surface area contributed by atoms with Crippen LogP contribution in [0.1, 0.15) is 31.2 Å². The average molecular weight is 332 g/mol. The van der Waals surface area contributed by atoms with E-state index in [1.807, 2.05) is 5.38 Å². The zero-order valence-corrected chi connectivity index (χ0v) is 14.0. The van der Waals surface area contributed by atoms with Crippen molar-refractivity contribution in [3.63, 3.8) is 0 Å². The van der Waals surface area contributed by atoms with Gasteiger partial charge in [0.05, 0.1) is 6.54 Å². The van der Waals surface area contributed by atoms with E-state index in [0.29, 0.717) is 19.0 Å². The topological polar surface area (TPSA) is 74.3 Å². The van der Waals surface area contributed by atoms with Crippen LogP contribution in [-0.4, -0.2) is 43.9 Å². The van der Waals surface area contributed by atoms with Crippen LogP contribution in [0.15, 0.2) is 11.6 Å². The van der Waals surface area contributed by atoms with Crippen LogP contribution in [0, 0.1) is 5.92 Å². The molecule has 0 aliphatic carbocycles. The number of thiazole rings is 1. The molecule has 0 bridgehead atoms. The normalized spacial score (nSPS) is 18.1. The van der Waals surface area contributed by atoms with Crippen molar-refractivity contribution < 1.29 is 8.42 Å². The summed E-state index contributed by atoms with van der Waals surface area (Å²) in [5.41, 5.74) is 0. The van der Waals surface area contributed by atoms with E-state index in [1.165, 1.54) is 11.3 Å². The Kier molecular flexibility index (Phi) is 6.56. The molecule has 21 heavy (non-hydrogen) atoms. The van der Waals surface area contributed by atoms with E-state index in [1.54, 1.807) is 10.5 Å². The summed E-state index contributed by atoms with van der Waals surface area (Å²) in [6, 6.07) is 0. The molecule has 120 valence electrons. The second kappa shape index (κ2) is 8.19. The lowest BCUT2D eigenvalue weighted by Crippen LogP contribution is -2.45. The van der Waals surface area contributed by atoms with Crippen LogP contribution < -0.4 is 10.0 Å². The zero-order chi connectivity index (χ0) is 15.1. The molecule has 0 aromatic carbocycles. The van der Waals surface area contributed by atoms with Gasteiger partial charge in [0, 0.05) is 24.7 Å². The summed E-state index contributed by atoms with van der Waals surface area (Å²) in [7, 11) is -3.38. The van der Waals surface area contributed by atoms with Gasteiger partial charge in [0.2, 0.25) is 0 Å². The summed E-state index contributed by atoms with van der Waals surface area (Å²) in [6.07, 6.45) is 4.67. The van der Waals surface area contributed by atoms with Crippen molar-refractivity contribution in [2.24, 2.45) is 5.92 Å². The van der Waals surface area contributed by atoms with E-state index >= 15 is 0 Å². The van der Waals surface area contributed by atoms with Crippen LogP contribution in [0.2, 0.25) is 0 Å². The first-order valence-corrected chi connectivity index (χ1v) is 9.77. The molecule has 1 aliphatic heterocycles. The molecule has 0 radical (unpaired) electrons. The minimum Gasteiger partial charge on any atom is -0.316 e. The van der Waals surface area contributed by atoms with Crippen LogP contribution in [0.4, 0.5) is 0 Å². The standard InChI is InChI=1S/C13H24N4O2S2/c1-2-5-14-10-12-3-7-17(8-4-12)21(18,19)16-11-13-15-6-9-20-13/h6,9,12,14,16H,2-5,7-8,10-11H2,1H3. The molecular formula is C13H24N4O2S2. The Morgan fingerprint density at radius 1 is 1.43 bits per heavy atom. The summed E-state index contributed by atoms with van der Waals surface area (Å²) < 4.78 is 28.6. The Labute approximate surface area is 131 Å². The molecule has 0 unspecified atom stereocenters. The Bertz CT molecular complexity index is 496. The first kappa shape index (κ1) is 16.8. The number of rotatable bonds is 8. The minimum atomic E-state index is -3.38. The molecular weight excluding hydrogens is 308 g/mol. The highest BCUT2D eigenvalue weighted by Gasteiger charge is 2.27. The SMILES string of the molecule is CCCNCC1CCN(S(=O)(=O)NCc2nccs2)CC1. The quantitative estimate of drug-likeness (QED) is 0.701. The van der Waals surface area contributed by atoms with Crippen LogP contribution in [0.3, 0.4) is 0 Å². The third kappa shape index (κ3) is 5.30. The third-order valence-corrected chi connectivity index (χ3v) is 6.00. The van der Waals surface area contributed by atoms with E-state index in [-0.39, 0.29) is 6.54 Å². The van der Waals surface area contributed by atoms with Gasteiger partial charge in [0.1, 0.15) is 5.01 Å². The number of piperidine rings is 1. The molecule has 0 atom stereocenters. The van der Waals surface area contributed by atoms with Crippen molar-refractivity contribution in [1.82, 2.24) is 19.3 Å². The maximum absolute atomic E-state index is 12.2. The Morgan fingerprint density at radius 2 is 2.19 bits per heavy atom. The van der Waals surface area contributed by atoms with Crippen molar-refractivity contribution in [3.8, 4) is 0 Å². The number of hydrogen-bond donors (Lipinski definition) is 2. The third-order valence-electron chi connectivity index (χ3n) is 3.66. The maximum atomic E-state index is 12.2. The highest BCUT2D eigenvalue weighted by Crippen LogP contribution is 2.18. The molecule has 1 saturated heterocycles. The van der Waals surface area contributed by atoms with Crippen molar-refractivity contribution in [2.45, 2.75) is 32.7 Å². The van der Waals surface area contributed by atoms with Crippen LogP contribution in [-0.2, 0) is 16.8 Å². The highest BCUT2D eigenvalue weighted by atomic mass is 32.2. The monoisotopic (exact) mass is 332 g/mol. The van der Waals surface area contributed by atoms with E-state index < -0.39 is 10.2 Å². The molecule has 1 fully saturated rings. The second-order valence-corrected chi connectivity index (χ2v) is 8.03. The molecule has 6 nitrogen and oxygen atoms in total. The van der Waals surface area contributed by atoms with Gasteiger partial charge < -0.3 is 5.32 Å². The fraction of sp³-hybridized carbons (Fsp3) is 0.769. The van der Waals surface area contributed by atoms with Gasteiger partial charge in [-0.25, -0.2) is 4.98 Å². The van der Waals surface area contributed by atoms with Gasteiger partial charge in [-0.2, -0.15) is 17.4 Å². The Hall–Kier alpha value is -0.540. The number of nitrogens with one attached hydrogen (secondary N) is 2. The predicted octanol–water partition coefficient (Wildman–Crippen LogP) is 1.19. The molecule has 2 rings (SSSR count). The lowest BCUT2D eigenvalue weighted by Gasteiger charge is -2.31. The molecule has 0 amide bonds. The van der Waals surface area contributed by atoms with E-state index in [9.17, 15) is 8.42 Å². The maximum Gasteiger partial charge on any atom is 0.279 e. The minimum absolute atomic E-state index is 0.276. The van der Waals surface area contributed by atoms with Gasteiger partial charge in [-0.1, -0.05) is 6.92 Å². The lowest BCUT2D eigenvalue weighted by molar-refractivity contribution is 0.265. The number of aromatic nitrogens is 1. The molecule has 0 saturated carbocycles. The van der Waals surface area contributed by atoms with Gasteiger partial charge in [-0.05, 0) is 38.3 Å². The van der Waals surface area contributed by atoms with Crippen molar-refractivity contribution in [1.29, 1.82) is 0 Å². The molecule has 2 N–H and O–H groups in total. The second-order valence-electron chi connectivity index (χ2n) is 5.30. The molecule has 1 aromatic rings. The van der Waals surface area contributed by atoms with Gasteiger partial charge in [-0.15, -0.1) is 11.3 Å². The molecule has 2 heterocycles. The lowest BCUT2D eigenvalue weighted by atomic mass is 9.98. The van der Waals surface area contributed by atoms with Gasteiger partial charge in [0.15, 0.2) is 0 Å². The Balaban J connectivity index is 1.75. The largest absolute Gasteiger partial charge is 0.316 e. The number of nitrogens with zero attached hydrogens (tertiary/aromatic N) is 2. The Morgan fingerprint density at radius 3 is 2.81 bits per heavy atom. The molecule has 0 spiro atoms. The summed E-state index contributed by atoms with van der Waals surface area (Å²) in [5.74, 6) is 0.585. The summed E-state index contributed by atoms with van der Waals surface area (Å²) in [4.78, 5) is 4.08. The van der Waals surface area contributed by atoms with Crippen LogP contribution >= 0.6 is 11.3 Å². The summed E-state index contributed by atoms with van der Waals surface area (Å²) in [6.45, 7) is 5.66. The van der Waals surface area contributed by atoms with Crippen molar-refractivity contribution >= 4 is 21.5 Å². The summed E-state index contributed by atoms with van der Waals surface area (Å²) >= 11 is 1.46. The highest BCUT2D eigenvalue weighted by molar-refractivity contribution is 7.87. The molecule has 1 aliphatic rings. The van der Waals surface area contributed by atoms with E-state index in [0.717, 1.165) is 37.4 Å². The number of hydrogen-bond acceptors (Lipinski definition) is 5. The molecule has 8 heteroatoms. The van der Waals surface area contributed by atoms with Crippen LogP contribution in [0.25, 0.3) is 0 Å². The predicted molar refractivity (Wildman–Crippen MR) is 85.3 cm³/mol. The first-order chi connectivity index (χ1) is 10.1. The van der Waals surface area contributed by atoms with Gasteiger partial charge in [-0.3, -0.25) is 0 Å².